The minimum atomic E-state index is 0.622. The van der Waals surface area contributed by atoms with Gasteiger partial charge in [-0.2, -0.15) is 0 Å². The Bertz CT molecular complexity index is 372. The molecule has 0 amide bonds. The molecule has 1 saturated carbocycles. The van der Waals surface area contributed by atoms with E-state index in [2.05, 4.69) is 15.9 Å². The summed E-state index contributed by atoms with van der Waals surface area (Å²) in [4.78, 5) is 10.8. The molecule has 1 aromatic carbocycles. The van der Waals surface area contributed by atoms with Crippen molar-refractivity contribution in [3.05, 3.63) is 28.2 Å². The van der Waals surface area contributed by atoms with Crippen LogP contribution in [-0.4, -0.2) is 12.9 Å². The van der Waals surface area contributed by atoms with Crippen molar-refractivity contribution in [3.63, 3.8) is 0 Å². The van der Waals surface area contributed by atoms with Gasteiger partial charge >= 0.3 is 0 Å². The van der Waals surface area contributed by atoms with Crippen LogP contribution < -0.4 is 4.74 Å². The topological polar surface area (TPSA) is 26.3 Å². The van der Waals surface area contributed by atoms with Crippen LogP contribution in [0.25, 0.3) is 0 Å². The molecule has 1 aliphatic rings. The van der Waals surface area contributed by atoms with E-state index in [0.29, 0.717) is 17.9 Å². The maximum absolute atomic E-state index is 10.8. The molecule has 0 spiro atoms. The molecule has 0 unspecified atom stereocenters. The van der Waals surface area contributed by atoms with Crippen molar-refractivity contribution >= 4 is 22.2 Å². The molecule has 1 aliphatic carbocycles. The average Bonchev–Trinajstić information content (AvgIpc) is 2.22. The Labute approximate surface area is 104 Å². The van der Waals surface area contributed by atoms with Crippen LogP contribution in [0, 0.1) is 5.92 Å². The highest BCUT2D eigenvalue weighted by atomic mass is 79.9. The van der Waals surface area contributed by atoms with Crippen LogP contribution in [0.3, 0.4) is 0 Å². The molecule has 1 aromatic rings. The summed E-state index contributed by atoms with van der Waals surface area (Å²) in [7, 11) is 0. The van der Waals surface area contributed by atoms with Crippen molar-refractivity contribution in [2.45, 2.75) is 25.7 Å². The number of rotatable bonds is 5. The standard InChI is InChI=1S/C13H15BrO2/c14-12-5-4-11(9-15)13(8-12)16-7-6-10-2-1-3-10/h4-5,8-10H,1-3,6-7H2. The summed E-state index contributed by atoms with van der Waals surface area (Å²) in [5.74, 6) is 1.52. The van der Waals surface area contributed by atoms with Crippen molar-refractivity contribution < 1.29 is 9.53 Å². The van der Waals surface area contributed by atoms with Crippen LogP contribution >= 0.6 is 15.9 Å². The highest BCUT2D eigenvalue weighted by Gasteiger charge is 2.17. The van der Waals surface area contributed by atoms with E-state index in [1.54, 1.807) is 6.07 Å². The number of hydrogen-bond donors (Lipinski definition) is 0. The Hall–Kier alpha value is -0.830. The van der Waals surface area contributed by atoms with Gasteiger partial charge < -0.3 is 4.74 Å². The van der Waals surface area contributed by atoms with Gasteiger partial charge in [0.25, 0.3) is 0 Å². The van der Waals surface area contributed by atoms with Gasteiger partial charge in [-0.3, -0.25) is 4.79 Å². The number of ether oxygens (including phenoxy) is 1. The van der Waals surface area contributed by atoms with Gasteiger partial charge in [-0.05, 0) is 30.5 Å². The fourth-order valence-corrected chi connectivity index (χ4v) is 2.19. The molecule has 86 valence electrons. The number of aldehydes is 1. The van der Waals surface area contributed by atoms with E-state index < -0.39 is 0 Å². The number of hydrogen-bond acceptors (Lipinski definition) is 2. The summed E-state index contributed by atoms with van der Waals surface area (Å²) in [5.41, 5.74) is 0.622. The number of benzene rings is 1. The summed E-state index contributed by atoms with van der Waals surface area (Å²) >= 11 is 3.38. The second-order valence-electron chi connectivity index (χ2n) is 4.23. The molecule has 1 fully saturated rings. The Morgan fingerprint density at radius 1 is 1.44 bits per heavy atom. The second-order valence-corrected chi connectivity index (χ2v) is 5.15. The Morgan fingerprint density at radius 3 is 2.88 bits per heavy atom. The molecule has 0 aliphatic heterocycles. The monoisotopic (exact) mass is 282 g/mol. The maximum Gasteiger partial charge on any atom is 0.153 e. The highest BCUT2D eigenvalue weighted by molar-refractivity contribution is 9.10. The number of carbonyl (C=O) groups excluding carboxylic acids is 1. The molecule has 0 radical (unpaired) electrons. The van der Waals surface area contributed by atoms with Crippen LogP contribution in [0.1, 0.15) is 36.0 Å². The van der Waals surface area contributed by atoms with Gasteiger partial charge in [-0.25, -0.2) is 0 Å². The summed E-state index contributed by atoms with van der Waals surface area (Å²) in [5, 5.41) is 0. The fourth-order valence-electron chi connectivity index (χ4n) is 1.85. The van der Waals surface area contributed by atoms with Crippen LogP contribution in [0.2, 0.25) is 0 Å². The van der Waals surface area contributed by atoms with Gasteiger partial charge in [0.2, 0.25) is 0 Å². The van der Waals surface area contributed by atoms with Crippen molar-refractivity contribution in [2.24, 2.45) is 5.92 Å². The maximum atomic E-state index is 10.8. The molecule has 0 aromatic heterocycles. The average molecular weight is 283 g/mol. The first kappa shape index (κ1) is 11.6. The molecule has 2 nitrogen and oxygen atoms in total. The summed E-state index contributed by atoms with van der Waals surface area (Å²) in [6.45, 7) is 0.710. The minimum absolute atomic E-state index is 0.622. The van der Waals surface area contributed by atoms with Gasteiger partial charge in [0.05, 0.1) is 12.2 Å². The zero-order valence-corrected chi connectivity index (χ0v) is 10.7. The Morgan fingerprint density at radius 2 is 2.25 bits per heavy atom. The first-order chi connectivity index (χ1) is 7.79. The lowest BCUT2D eigenvalue weighted by atomic mass is 9.83. The predicted octanol–water partition coefficient (Wildman–Crippen LogP) is 3.83. The van der Waals surface area contributed by atoms with Crippen LogP contribution in [-0.2, 0) is 0 Å². The normalized spacial score (nSPS) is 15.6. The van der Waals surface area contributed by atoms with E-state index in [0.717, 1.165) is 23.1 Å². The van der Waals surface area contributed by atoms with E-state index in [-0.39, 0.29) is 0 Å². The smallest absolute Gasteiger partial charge is 0.153 e. The predicted molar refractivity (Wildman–Crippen MR) is 67.0 cm³/mol. The van der Waals surface area contributed by atoms with Crippen molar-refractivity contribution in [2.75, 3.05) is 6.61 Å². The second kappa shape index (κ2) is 5.48. The molecule has 0 saturated heterocycles. The van der Waals surface area contributed by atoms with Gasteiger partial charge in [-0.1, -0.05) is 35.2 Å². The van der Waals surface area contributed by atoms with Crippen LogP contribution in [0.5, 0.6) is 5.75 Å². The van der Waals surface area contributed by atoms with E-state index in [1.165, 1.54) is 19.3 Å². The molecule has 0 heterocycles. The number of halogens is 1. The summed E-state index contributed by atoms with van der Waals surface area (Å²) < 4.78 is 6.60. The minimum Gasteiger partial charge on any atom is -0.493 e. The van der Waals surface area contributed by atoms with E-state index in [1.807, 2.05) is 12.1 Å². The third-order valence-electron chi connectivity index (χ3n) is 3.11. The zero-order chi connectivity index (χ0) is 11.4. The van der Waals surface area contributed by atoms with Crippen molar-refractivity contribution in [3.8, 4) is 5.75 Å². The third kappa shape index (κ3) is 2.85. The van der Waals surface area contributed by atoms with Gasteiger partial charge in [0.1, 0.15) is 5.75 Å². The SMILES string of the molecule is O=Cc1ccc(Br)cc1OCCC1CCC1. The molecule has 0 atom stereocenters. The van der Waals surface area contributed by atoms with Crippen LogP contribution in [0.15, 0.2) is 22.7 Å². The quantitative estimate of drug-likeness (QED) is 0.768. The molecule has 0 N–H and O–H groups in total. The number of carbonyl (C=O) groups is 1. The molecular formula is C13H15BrO2. The molecule has 16 heavy (non-hydrogen) atoms. The summed E-state index contributed by atoms with van der Waals surface area (Å²) in [6.07, 6.45) is 5.97. The van der Waals surface area contributed by atoms with Crippen molar-refractivity contribution in [1.82, 2.24) is 0 Å². The van der Waals surface area contributed by atoms with Crippen molar-refractivity contribution in [1.29, 1.82) is 0 Å². The Kier molecular flexibility index (Phi) is 3.99. The van der Waals surface area contributed by atoms with E-state index in [9.17, 15) is 4.79 Å². The molecule has 0 bridgehead atoms. The highest BCUT2D eigenvalue weighted by Crippen LogP contribution is 2.30. The van der Waals surface area contributed by atoms with Gasteiger partial charge in [0.15, 0.2) is 6.29 Å². The molecule has 3 heteroatoms. The fraction of sp³-hybridized carbons (Fsp3) is 0.462. The Balaban J connectivity index is 1.91. The largest absolute Gasteiger partial charge is 0.493 e. The molecule has 2 rings (SSSR count). The van der Waals surface area contributed by atoms with Crippen LogP contribution in [0.4, 0.5) is 0 Å². The lowest BCUT2D eigenvalue weighted by Gasteiger charge is -2.25. The third-order valence-corrected chi connectivity index (χ3v) is 3.60. The summed E-state index contributed by atoms with van der Waals surface area (Å²) in [6, 6.07) is 5.47. The lowest BCUT2D eigenvalue weighted by molar-refractivity contribution is 0.111. The first-order valence-corrected chi connectivity index (χ1v) is 6.46. The van der Waals surface area contributed by atoms with Gasteiger partial charge in [-0.15, -0.1) is 0 Å². The van der Waals surface area contributed by atoms with E-state index >= 15 is 0 Å². The zero-order valence-electron chi connectivity index (χ0n) is 9.12. The first-order valence-electron chi connectivity index (χ1n) is 5.67. The molecular weight excluding hydrogens is 268 g/mol. The lowest BCUT2D eigenvalue weighted by Crippen LogP contribution is -2.14. The van der Waals surface area contributed by atoms with E-state index in [4.69, 9.17) is 4.74 Å². The van der Waals surface area contributed by atoms with Gasteiger partial charge in [0, 0.05) is 4.47 Å².